The van der Waals surface area contributed by atoms with Gasteiger partial charge in [-0.2, -0.15) is 43.9 Å². The Morgan fingerprint density at radius 2 is 1.02 bits per heavy atom. The summed E-state index contributed by atoms with van der Waals surface area (Å²) in [5, 5.41) is 8.92. The summed E-state index contributed by atoms with van der Waals surface area (Å²) in [7, 11) is -2.95. The number of hydrogen-bond acceptors (Lipinski definition) is 6. The van der Waals surface area contributed by atoms with Gasteiger partial charge >= 0.3 is 36.1 Å². The molecule has 0 aromatic rings. The molecule has 6 nitrogen and oxygen atoms in total. The fourth-order valence-electron chi connectivity index (χ4n) is 5.11. The molecule has 0 aromatic carbocycles. The van der Waals surface area contributed by atoms with Crippen LogP contribution in [-0.4, -0.2) is 73.0 Å². The van der Waals surface area contributed by atoms with Gasteiger partial charge < -0.3 is 19.0 Å². The predicted molar refractivity (Wildman–Crippen MR) is 140 cm³/mol. The minimum absolute atomic E-state index is 0.185. The fraction of sp³-hybridized carbons (Fsp3) is 0.778. The minimum atomic E-state index is -5.51. The van der Waals surface area contributed by atoms with Gasteiger partial charge in [0, 0.05) is 12.2 Å². The molecule has 2 aliphatic carbocycles. The van der Waals surface area contributed by atoms with Crippen molar-refractivity contribution in [1.82, 2.24) is 0 Å². The highest BCUT2D eigenvalue weighted by molar-refractivity contribution is 6.69. The molecule has 0 bridgehead atoms. The van der Waals surface area contributed by atoms with Gasteiger partial charge in [0.25, 0.3) is 0 Å². The van der Waals surface area contributed by atoms with E-state index < -0.39 is 80.7 Å². The number of rotatable bonds is 10. The van der Waals surface area contributed by atoms with Gasteiger partial charge in [-0.05, 0) is 71.0 Å². The number of alkyl halides is 10. The first-order chi connectivity index (χ1) is 19.8. The van der Waals surface area contributed by atoms with E-state index in [4.69, 9.17) is 14.3 Å². The van der Waals surface area contributed by atoms with Crippen LogP contribution in [-0.2, 0) is 23.5 Å². The zero-order chi connectivity index (χ0) is 34.4. The Morgan fingerprint density at radius 3 is 1.30 bits per heavy atom. The van der Waals surface area contributed by atoms with Crippen LogP contribution in [0.2, 0.25) is 19.6 Å². The van der Waals surface area contributed by atoms with E-state index in [9.17, 15) is 44.7 Å². The van der Waals surface area contributed by atoms with Gasteiger partial charge in [-0.1, -0.05) is 26.0 Å². The SMILES string of the molecule is C=CC(=O)OC1(C(F)(F)C(O)C(F)(F)F)CCCCC1.C=CC(=O)OC1(C(F)(F)C(O[Si](C)(C)C)C(F)(F)F)CCCCC1. The van der Waals surface area contributed by atoms with Crippen LogP contribution in [0.3, 0.4) is 0 Å². The number of ether oxygens (including phenoxy) is 2. The van der Waals surface area contributed by atoms with Gasteiger partial charge in [0.05, 0.1) is 0 Å². The van der Waals surface area contributed by atoms with E-state index in [2.05, 4.69) is 17.9 Å². The van der Waals surface area contributed by atoms with Crippen molar-refractivity contribution in [2.24, 2.45) is 0 Å². The van der Waals surface area contributed by atoms with Crippen LogP contribution >= 0.6 is 0 Å². The molecule has 2 saturated carbocycles. The summed E-state index contributed by atoms with van der Waals surface area (Å²) in [6, 6.07) is 0. The molecule has 0 aliphatic heterocycles. The third-order valence-electron chi connectivity index (χ3n) is 7.21. The van der Waals surface area contributed by atoms with E-state index >= 15 is 8.78 Å². The molecule has 2 rings (SSSR count). The van der Waals surface area contributed by atoms with Crippen LogP contribution in [0.4, 0.5) is 43.9 Å². The van der Waals surface area contributed by atoms with Crippen LogP contribution in [0.15, 0.2) is 25.3 Å². The number of halogens is 10. The van der Waals surface area contributed by atoms with Crippen molar-refractivity contribution in [2.45, 2.75) is 131 Å². The van der Waals surface area contributed by atoms with Crippen molar-refractivity contribution in [3.05, 3.63) is 25.3 Å². The van der Waals surface area contributed by atoms with Gasteiger partial charge in [-0.15, -0.1) is 0 Å². The molecule has 2 aliphatic rings. The summed E-state index contributed by atoms with van der Waals surface area (Å²) in [5.41, 5.74) is -5.18. The number of aliphatic hydroxyl groups excluding tert-OH is 1. The lowest BCUT2D eigenvalue weighted by atomic mass is 9.77. The summed E-state index contributed by atoms with van der Waals surface area (Å²) in [4.78, 5) is 22.7. The molecule has 2 fully saturated rings. The summed E-state index contributed by atoms with van der Waals surface area (Å²) < 4.78 is 150. The van der Waals surface area contributed by atoms with E-state index in [1.165, 1.54) is 19.6 Å². The number of carbonyl (C=O) groups is 2. The summed E-state index contributed by atoms with van der Waals surface area (Å²) >= 11 is 0. The smallest absolute Gasteiger partial charge is 0.420 e. The van der Waals surface area contributed by atoms with Crippen molar-refractivity contribution in [2.75, 3.05) is 0 Å². The zero-order valence-electron chi connectivity index (χ0n) is 24.6. The number of hydrogen-bond donors (Lipinski definition) is 1. The third kappa shape index (κ3) is 9.68. The first-order valence-corrected chi connectivity index (χ1v) is 17.2. The largest absolute Gasteiger partial charge is 0.449 e. The van der Waals surface area contributed by atoms with E-state index in [-0.39, 0.29) is 38.5 Å². The Balaban J connectivity index is 0.000000447. The van der Waals surface area contributed by atoms with Gasteiger partial charge in [0.1, 0.15) is 0 Å². The average molecular weight is 677 g/mol. The Labute approximate surface area is 249 Å². The minimum Gasteiger partial charge on any atom is -0.449 e. The monoisotopic (exact) mass is 676 g/mol. The highest BCUT2D eigenvalue weighted by Crippen LogP contribution is 2.51. The molecule has 0 saturated heterocycles. The van der Waals surface area contributed by atoms with Gasteiger partial charge in [-0.25, -0.2) is 9.59 Å². The Bertz CT molecular complexity index is 995. The van der Waals surface area contributed by atoms with Crippen molar-refractivity contribution in [1.29, 1.82) is 0 Å². The molecule has 44 heavy (non-hydrogen) atoms. The summed E-state index contributed by atoms with van der Waals surface area (Å²) in [5.74, 6) is -11.4. The quantitative estimate of drug-likeness (QED) is 0.110. The second kappa shape index (κ2) is 14.5. The van der Waals surface area contributed by atoms with Crippen molar-refractivity contribution >= 4 is 20.3 Å². The number of aliphatic hydroxyl groups is 1. The van der Waals surface area contributed by atoms with Crippen molar-refractivity contribution < 1.29 is 72.5 Å². The maximum absolute atomic E-state index is 15.0. The lowest BCUT2D eigenvalue weighted by Gasteiger charge is -2.46. The lowest BCUT2D eigenvalue weighted by molar-refractivity contribution is -0.319. The van der Waals surface area contributed by atoms with E-state index in [1.54, 1.807) is 0 Å². The fourth-order valence-corrected chi connectivity index (χ4v) is 6.10. The van der Waals surface area contributed by atoms with Gasteiger partial charge in [-0.3, -0.25) is 0 Å². The molecule has 0 heterocycles. The number of carbonyl (C=O) groups excluding carboxylic acids is 2. The standard InChI is InChI=1S/C15H23F5O3Si.C12H15F5O3/c1-5-11(21)22-13(9-7-6-8-10-13)14(16,17)12(15(18,19)20)23-24(2,3)4;1-2-8(18)20-10(6-4-3-5-7-10)11(13,14)9(19)12(15,16)17/h5,12H,1,6-10H2,2-4H3;2,9,19H,1,3-7H2. The molecular formula is C27H38F10O6Si. The van der Waals surface area contributed by atoms with Crippen molar-refractivity contribution in [3.8, 4) is 0 Å². The molecule has 0 radical (unpaired) electrons. The first kappa shape index (κ1) is 39.9. The highest BCUT2D eigenvalue weighted by Gasteiger charge is 2.70. The maximum Gasteiger partial charge on any atom is 0.420 e. The summed E-state index contributed by atoms with van der Waals surface area (Å²) in [6.45, 7) is 10.3. The van der Waals surface area contributed by atoms with Crippen LogP contribution in [0.5, 0.6) is 0 Å². The molecule has 256 valence electrons. The van der Waals surface area contributed by atoms with Crippen LogP contribution < -0.4 is 0 Å². The average Bonchev–Trinajstić information content (AvgIpc) is 2.90. The molecule has 0 amide bonds. The lowest BCUT2D eigenvalue weighted by Crippen LogP contribution is -2.64. The normalized spacial score (nSPS) is 20.7. The molecule has 2 atom stereocenters. The second-order valence-electron chi connectivity index (χ2n) is 11.7. The van der Waals surface area contributed by atoms with Gasteiger partial charge in [0.2, 0.25) is 12.2 Å². The molecular weight excluding hydrogens is 638 g/mol. The molecule has 17 heteroatoms. The molecule has 2 unspecified atom stereocenters. The maximum atomic E-state index is 15.0. The van der Waals surface area contributed by atoms with Crippen molar-refractivity contribution in [3.63, 3.8) is 0 Å². The van der Waals surface area contributed by atoms with E-state index in [0.717, 1.165) is 0 Å². The summed E-state index contributed by atoms with van der Waals surface area (Å²) in [6.07, 6.45) is -16.3. The van der Waals surface area contributed by atoms with Crippen LogP contribution in [0, 0.1) is 0 Å². The van der Waals surface area contributed by atoms with Crippen LogP contribution in [0.1, 0.15) is 64.2 Å². The van der Waals surface area contributed by atoms with E-state index in [0.29, 0.717) is 25.0 Å². The third-order valence-corrected chi connectivity index (χ3v) is 8.16. The predicted octanol–water partition coefficient (Wildman–Crippen LogP) is 7.81. The molecule has 0 aromatic heterocycles. The highest BCUT2D eigenvalue weighted by atomic mass is 28.4. The second-order valence-corrected chi connectivity index (χ2v) is 16.2. The molecule has 0 spiro atoms. The first-order valence-electron chi connectivity index (χ1n) is 13.8. The zero-order valence-corrected chi connectivity index (χ0v) is 25.6. The Morgan fingerprint density at radius 1 is 0.682 bits per heavy atom. The van der Waals surface area contributed by atoms with E-state index in [1.807, 2.05) is 0 Å². The Kier molecular flexibility index (Phi) is 13.2. The molecule has 1 N–H and O–H groups in total. The van der Waals surface area contributed by atoms with Crippen LogP contribution in [0.25, 0.3) is 0 Å². The Hall–Kier alpha value is -2.14. The number of esters is 2. The van der Waals surface area contributed by atoms with Gasteiger partial charge in [0.15, 0.2) is 19.5 Å². The topological polar surface area (TPSA) is 82.1 Å².